The highest BCUT2D eigenvalue weighted by molar-refractivity contribution is 6.30. The number of benzene rings is 1. The highest BCUT2D eigenvalue weighted by Gasteiger charge is 2.10. The maximum Gasteiger partial charge on any atom is 0.221 e. The lowest BCUT2D eigenvalue weighted by Crippen LogP contribution is -2.03. The summed E-state index contributed by atoms with van der Waals surface area (Å²) in [5.74, 6) is 1.11. The largest absolute Gasteiger partial charge is 0.494 e. The monoisotopic (exact) mass is 347 g/mol. The molecule has 0 fully saturated rings. The average Bonchev–Trinajstić information content (AvgIpc) is 2.54. The minimum atomic E-state index is 0.210. The van der Waals surface area contributed by atoms with Crippen LogP contribution in [-0.4, -0.2) is 16.6 Å². The van der Waals surface area contributed by atoms with Crippen LogP contribution in [0.25, 0.3) is 0 Å². The Bertz CT molecular complexity index is 638. The molecule has 0 bridgehead atoms. The fourth-order valence-corrected chi connectivity index (χ4v) is 2.92. The Morgan fingerprint density at radius 3 is 2.67 bits per heavy atom. The van der Waals surface area contributed by atoms with Crippen LogP contribution in [0.4, 0.5) is 5.95 Å². The van der Waals surface area contributed by atoms with E-state index in [0.717, 1.165) is 35.6 Å². The van der Waals surface area contributed by atoms with Gasteiger partial charge in [-0.3, -0.25) is 0 Å². The molecule has 1 aromatic carbocycles. The number of aryl methyl sites for hydroxylation is 1. The summed E-state index contributed by atoms with van der Waals surface area (Å²) in [5.41, 5.74) is 8.46. The van der Waals surface area contributed by atoms with Gasteiger partial charge in [-0.05, 0) is 31.0 Å². The zero-order valence-corrected chi connectivity index (χ0v) is 15.3. The highest BCUT2D eigenvalue weighted by Crippen LogP contribution is 2.23. The van der Waals surface area contributed by atoms with Gasteiger partial charge in [0.25, 0.3) is 0 Å². The Labute approximate surface area is 149 Å². The van der Waals surface area contributed by atoms with Gasteiger partial charge in [-0.25, -0.2) is 9.97 Å². The number of nitrogen functional groups attached to an aromatic ring is 1. The molecule has 0 atom stereocenters. The smallest absolute Gasteiger partial charge is 0.221 e. The van der Waals surface area contributed by atoms with Gasteiger partial charge in [0.05, 0.1) is 6.61 Å². The van der Waals surface area contributed by atoms with Crippen LogP contribution in [0.3, 0.4) is 0 Å². The lowest BCUT2D eigenvalue weighted by atomic mass is 10.1. The van der Waals surface area contributed by atoms with E-state index in [2.05, 4.69) is 29.0 Å². The van der Waals surface area contributed by atoms with Crippen LogP contribution in [0.15, 0.2) is 24.3 Å². The van der Waals surface area contributed by atoms with E-state index in [9.17, 15) is 0 Å². The van der Waals surface area contributed by atoms with Crippen LogP contribution < -0.4 is 10.5 Å². The van der Waals surface area contributed by atoms with Gasteiger partial charge in [0.15, 0.2) is 0 Å². The molecule has 0 saturated carbocycles. The Morgan fingerprint density at radius 2 is 1.92 bits per heavy atom. The molecule has 24 heavy (non-hydrogen) atoms. The van der Waals surface area contributed by atoms with Crippen LogP contribution in [0.1, 0.15) is 55.8 Å². The molecular weight excluding hydrogens is 322 g/mol. The predicted molar refractivity (Wildman–Crippen MR) is 99.7 cm³/mol. The second-order valence-electron chi connectivity index (χ2n) is 6.02. The molecule has 0 unspecified atom stereocenters. The molecule has 2 N–H and O–H groups in total. The second kappa shape index (κ2) is 9.48. The van der Waals surface area contributed by atoms with E-state index in [4.69, 9.17) is 22.1 Å². The fourth-order valence-electron chi connectivity index (χ4n) is 2.63. The van der Waals surface area contributed by atoms with Crippen molar-refractivity contribution in [3.8, 4) is 5.75 Å². The van der Waals surface area contributed by atoms with E-state index in [1.54, 1.807) is 0 Å². The van der Waals surface area contributed by atoms with E-state index >= 15 is 0 Å². The SMILES string of the molecule is CCCCCCCOc1cccc(Cc2c(C)nc(N)nc2Cl)c1. The van der Waals surface area contributed by atoms with Crippen molar-refractivity contribution in [2.75, 3.05) is 12.3 Å². The summed E-state index contributed by atoms with van der Waals surface area (Å²) in [5, 5.41) is 0.419. The summed E-state index contributed by atoms with van der Waals surface area (Å²) in [6, 6.07) is 8.10. The van der Waals surface area contributed by atoms with Gasteiger partial charge < -0.3 is 10.5 Å². The summed E-state index contributed by atoms with van der Waals surface area (Å²) in [6.07, 6.45) is 6.85. The maximum atomic E-state index is 6.21. The van der Waals surface area contributed by atoms with Gasteiger partial charge in [0.1, 0.15) is 10.9 Å². The molecule has 0 aliphatic heterocycles. The van der Waals surface area contributed by atoms with Crippen molar-refractivity contribution in [3.05, 3.63) is 46.2 Å². The van der Waals surface area contributed by atoms with Gasteiger partial charge in [-0.2, -0.15) is 0 Å². The molecule has 0 amide bonds. The van der Waals surface area contributed by atoms with Crippen LogP contribution in [0, 0.1) is 6.92 Å². The Kier molecular flexibility index (Phi) is 7.32. The van der Waals surface area contributed by atoms with E-state index in [0.29, 0.717) is 11.6 Å². The summed E-state index contributed by atoms with van der Waals surface area (Å²) < 4.78 is 5.86. The average molecular weight is 348 g/mol. The molecule has 0 aliphatic rings. The quantitative estimate of drug-likeness (QED) is 0.514. The van der Waals surface area contributed by atoms with Crippen molar-refractivity contribution in [1.82, 2.24) is 9.97 Å². The van der Waals surface area contributed by atoms with Crippen molar-refractivity contribution in [1.29, 1.82) is 0 Å². The molecule has 5 heteroatoms. The minimum absolute atomic E-state index is 0.210. The zero-order chi connectivity index (χ0) is 17.4. The Morgan fingerprint density at radius 1 is 1.12 bits per heavy atom. The van der Waals surface area contributed by atoms with Crippen molar-refractivity contribution < 1.29 is 4.74 Å². The van der Waals surface area contributed by atoms with Gasteiger partial charge in [-0.15, -0.1) is 0 Å². The highest BCUT2D eigenvalue weighted by atomic mass is 35.5. The number of nitrogens with zero attached hydrogens (tertiary/aromatic N) is 2. The topological polar surface area (TPSA) is 61.0 Å². The molecular formula is C19H26ClN3O. The standard InChI is InChI=1S/C19H26ClN3O/c1-3-4-5-6-7-11-24-16-10-8-9-15(12-16)13-17-14(2)22-19(21)23-18(17)20/h8-10,12H,3-7,11,13H2,1-2H3,(H2,21,22,23). The predicted octanol–water partition coefficient (Wildman–Crippen LogP) is 4.96. The number of unbranched alkanes of at least 4 members (excludes halogenated alkanes) is 4. The van der Waals surface area contributed by atoms with Crippen molar-refractivity contribution in [2.24, 2.45) is 0 Å². The fraction of sp³-hybridized carbons (Fsp3) is 0.474. The van der Waals surface area contributed by atoms with Crippen LogP contribution in [0.2, 0.25) is 5.15 Å². The third-order valence-electron chi connectivity index (χ3n) is 3.98. The number of nitrogens with two attached hydrogens (primary N) is 1. The second-order valence-corrected chi connectivity index (χ2v) is 6.38. The van der Waals surface area contributed by atoms with Crippen molar-refractivity contribution >= 4 is 17.5 Å². The Hall–Kier alpha value is -1.81. The summed E-state index contributed by atoms with van der Waals surface area (Å²) in [7, 11) is 0. The normalized spacial score (nSPS) is 10.8. The lowest BCUT2D eigenvalue weighted by Gasteiger charge is -2.10. The number of aromatic nitrogens is 2. The number of hydrogen-bond acceptors (Lipinski definition) is 4. The zero-order valence-electron chi connectivity index (χ0n) is 14.5. The molecule has 0 saturated heterocycles. The minimum Gasteiger partial charge on any atom is -0.494 e. The van der Waals surface area contributed by atoms with E-state index in [-0.39, 0.29) is 5.95 Å². The molecule has 0 spiro atoms. The first-order valence-corrected chi connectivity index (χ1v) is 8.98. The molecule has 1 aromatic heterocycles. The van der Waals surface area contributed by atoms with E-state index < -0.39 is 0 Å². The first-order valence-electron chi connectivity index (χ1n) is 8.60. The van der Waals surface area contributed by atoms with Crippen LogP contribution >= 0.6 is 11.6 Å². The maximum absolute atomic E-state index is 6.21. The van der Waals surface area contributed by atoms with Gasteiger partial charge >= 0.3 is 0 Å². The lowest BCUT2D eigenvalue weighted by molar-refractivity contribution is 0.304. The summed E-state index contributed by atoms with van der Waals surface area (Å²) >= 11 is 6.21. The third kappa shape index (κ3) is 5.68. The first-order chi connectivity index (χ1) is 11.6. The Balaban J connectivity index is 1.93. The summed E-state index contributed by atoms with van der Waals surface area (Å²) in [6.45, 7) is 4.88. The molecule has 0 aliphatic carbocycles. The third-order valence-corrected chi connectivity index (χ3v) is 4.29. The van der Waals surface area contributed by atoms with Crippen molar-refractivity contribution in [3.63, 3.8) is 0 Å². The molecule has 130 valence electrons. The first kappa shape index (κ1) is 18.5. The van der Waals surface area contributed by atoms with Gasteiger partial charge in [0, 0.05) is 17.7 Å². The molecule has 4 nitrogen and oxygen atoms in total. The number of rotatable bonds is 9. The molecule has 1 heterocycles. The molecule has 0 radical (unpaired) electrons. The number of halogens is 1. The van der Waals surface area contributed by atoms with Gasteiger partial charge in [-0.1, -0.05) is 56.3 Å². The van der Waals surface area contributed by atoms with Crippen LogP contribution in [0.5, 0.6) is 5.75 Å². The van der Waals surface area contributed by atoms with Crippen LogP contribution in [-0.2, 0) is 6.42 Å². The van der Waals surface area contributed by atoms with E-state index in [1.807, 2.05) is 19.1 Å². The van der Waals surface area contributed by atoms with Crippen molar-refractivity contribution in [2.45, 2.75) is 52.4 Å². The van der Waals surface area contributed by atoms with E-state index in [1.165, 1.54) is 25.7 Å². The summed E-state index contributed by atoms with van der Waals surface area (Å²) in [4.78, 5) is 8.23. The number of anilines is 1. The molecule has 2 aromatic rings. The van der Waals surface area contributed by atoms with Gasteiger partial charge in [0.2, 0.25) is 5.95 Å². The molecule has 2 rings (SSSR count). The number of hydrogen-bond donors (Lipinski definition) is 1. The number of ether oxygens (including phenoxy) is 1.